The highest BCUT2D eigenvalue weighted by molar-refractivity contribution is 6.31. The first-order valence-electron chi connectivity index (χ1n) is 9.67. The van der Waals surface area contributed by atoms with Crippen molar-refractivity contribution in [3.8, 4) is 5.69 Å². The molecule has 7 heteroatoms. The second kappa shape index (κ2) is 9.80. The maximum atomic E-state index is 13.3. The molecule has 1 aromatic heterocycles. The molecule has 0 aliphatic heterocycles. The Bertz CT molecular complexity index is 1030. The van der Waals surface area contributed by atoms with Crippen molar-refractivity contribution in [2.45, 2.75) is 13.1 Å². The molecule has 30 heavy (non-hydrogen) atoms. The number of rotatable bonds is 9. The summed E-state index contributed by atoms with van der Waals surface area (Å²) in [6, 6.07) is 14.6. The summed E-state index contributed by atoms with van der Waals surface area (Å²) in [6.07, 6.45) is 1.84. The van der Waals surface area contributed by atoms with Gasteiger partial charge < -0.3 is 4.90 Å². The van der Waals surface area contributed by atoms with Crippen LogP contribution in [0, 0.1) is 0 Å². The molecule has 0 unspecified atom stereocenters. The molecule has 6 nitrogen and oxygen atoms in total. The van der Waals surface area contributed by atoms with Crippen LogP contribution in [0.15, 0.2) is 61.2 Å². The number of halogens is 1. The lowest BCUT2D eigenvalue weighted by Gasteiger charge is -2.19. The van der Waals surface area contributed by atoms with Crippen LogP contribution in [0.25, 0.3) is 5.69 Å². The Labute approximate surface area is 182 Å². The standard InChI is InChI=1S/C23H26ClN5O/c1-5-13-28(4)16-22-26-25-21(15-27(2)3)29(22)20-12-11-18(24)14-19(20)23(30)17-9-7-6-8-10-17/h5-12,14H,1,13,15-16H2,2-4H3. The normalized spacial score (nSPS) is 11.3. The summed E-state index contributed by atoms with van der Waals surface area (Å²) in [6.45, 7) is 5.66. The van der Waals surface area contributed by atoms with Crippen LogP contribution in [0.4, 0.5) is 0 Å². The molecule has 0 saturated heterocycles. The quantitative estimate of drug-likeness (QED) is 0.386. The minimum atomic E-state index is -0.0944. The number of likely N-dealkylation sites (N-methyl/N-ethyl adjacent to an activating group) is 1. The first kappa shape index (κ1) is 21.9. The molecule has 0 amide bonds. The van der Waals surface area contributed by atoms with Crippen molar-refractivity contribution in [2.24, 2.45) is 0 Å². The van der Waals surface area contributed by atoms with Crippen molar-refractivity contribution in [3.05, 3.63) is 89.0 Å². The lowest BCUT2D eigenvalue weighted by Crippen LogP contribution is -2.22. The fraction of sp³-hybridized carbons (Fsp3) is 0.261. The Morgan fingerprint density at radius 3 is 2.37 bits per heavy atom. The molecule has 0 aliphatic rings. The molecule has 0 N–H and O–H groups in total. The monoisotopic (exact) mass is 423 g/mol. The van der Waals surface area contributed by atoms with Crippen LogP contribution in [0.2, 0.25) is 5.02 Å². The lowest BCUT2D eigenvalue weighted by molar-refractivity contribution is 0.103. The predicted molar refractivity (Wildman–Crippen MR) is 120 cm³/mol. The topological polar surface area (TPSA) is 54.3 Å². The van der Waals surface area contributed by atoms with Gasteiger partial charge in [0, 0.05) is 22.7 Å². The third-order valence-corrected chi connectivity index (χ3v) is 4.82. The number of hydrogen-bond donors (Lipinski definition) is 0. The number of carbonyl (C=O) groups is 1. The van der Waals surface area contributed by atoms with E-state index in [0.29, 0.717) is 35.8 Å². The molecular formula is C23H26ClN5O. The molecule has 0 fully saturated rings. The van der Waals surface area contributed by atoms with Crippen LogP contribution in [-0.4, -0.2) is 58.0 Å². The van der Waals surface area contributed by atoms with E-state index in [1.54, 1.807) is 24.3 Å². The number of carbonyl (C=O) groups excluding carboxylic acids is 1. The summed E-state index contributed by atoms with van der Waals surface area (Å²) >= 11 is 6.28. The summed E-state index contributed by atoms with van der Waals surface area (Å²) in [4.78, 5) is 17.4. The van der Waals surface area contributed by atoms with E-state index in [9.17, 15) is 4.79 Å². The Hall–Kier alpha value is -2.80. The predicted octanol–water partition coefficient (Wildman–Crippen LogP) is 3.83. The molecule has 2 aromatic carbocycles. The van der Waals surface area contributed by atoms with E-state index < -0.39 is 0 Å². The van der Waals surface area contributed by atoms with E-state index in [4.69, 9.17) is 11.6 Å². The minimum Gasteiger partial charge on any atom is -0.302 e. The van der Waals surface area contributed by atoms with Gasteiger partial charge in [0.25, 0.3) is 0 Å². The first-order valence-corrected chi connectivity index (χ1v) is 10.1. The summed E-state index contributed by atoms with van der Waals surface area (Å²) in [7, 11) is 5.94. The number of hydrogen-bond acceptors (Lipinski definition) is 5. The van der Waals surface area contributed by atoms with Gasteiger partial charge in [-0.2, -0.15) is 0 Å². The van der Waals surface area contributed by atoms with Gasteiger partial charge in [0.2, 0.25) is 0 Å². The zero-order chi connectivity index (χ0) is 21.7. The summed E-state index contributed by atoms with van der Waals surface area (Å²) in [5.41, 5.74) is 1.84. The van der Waals surface area contributed by atoms with Gasteiger partial charge in [0.15, 0.2) is 17.4 Å². The summed E-state index contributed by atoms with van der Waals surface area (Å²) in [5.74, 6) is 1.41. The highest BCUT2D eigenvalue weighted by Crippen LogP contribution is 2.25. The number of benzene rings is 2. The highest BCUT2D eigenvalue weighted by Gasteiger charge is 2.22. The van der Waals surface area contributed by atoms with E-state index in [1.165, 1.54) is 0 Å². The average molecular weight is 424 g/mol. The molecule has 0 saturated carbocycles. The van der Waals surface area contributed by atoms with Crippen LogP contribution < -0.4 is 0 Å². The van der Waals surface area contributed by atoms with Crippen LogP contribution >= 0.6 is 11.6 Å². The van der Waals surface area contributed by atoms with Gasteiger partial charge in [0.05, 0.1) is 18.8 Å². The van der Waals surface area contributed by atoms with Gasteiger partial charge in [-0.25, -0.2) is 0 Å². The van der Waals surface area contributed by atoms with E-state index in [2.05, 4.69) is 21.7 Å². The second-order valence-electron chi connectivity index (χ2n) is 7.45. The molecule has 0 atom stereocenters. The van der Waals surface area contributed by atoms with Crippen molar-refractivity contribution < 1.29 is 4.79 Å². The second-order valence-corrected chi connectivity index (χ2v) is 7.88. The maximum absolute atomic E-state index is 13.3. The van der Waals surface area contributed by atoms with Gasteiger partial charge in [-0.1, -0.05) is 48.0 Å². The Morgan fingerprint density at radius 2 is 1.73 bits per heavy atom. The first-order chi connectivity index (χ1) is 14.4. The zero-order valence-corrected chi connectivity index (χ0v) is 18.3. The molecule has 156 valence electrons. The fourth-order valence-electron chi connectivity index (χ4n) is 3.28. The van der Waals surface area contributed by atoms with Crippen LogP contribution in [0.5, 0.6) is 0 Å². The molecule has 0 radical (unpaired) electrons. The molecule has 0 spiro atoms. The van der Waals surface area contributed by atoms with Crippen molar-refractivity contribution in [3.63, 3.8) is 0 Å². The smallest absolute Gasteiger partial charge is 0.195 e. The lowest BCUT2D eigenvalue weighted by atomic mass is 10.0. The third-order valence-electron chi connectivity index (χ3n) is 4.59. The largest absolute Gasteiger partial charge is 0.302 e. The van der Waals surface area contributed by atoms with Gasteiger partial charge in [0.1, 0.15) is 0 Å². The van der Waals surface area contributed by atoms with Crippen LogP contribution in [0.1, 0.15) is 27.6 Å². The third kappa shape index (κ3) is 5.02. The maximum Gasteiger partial charge on any atom is 0.195 e. The Morgan fingerprint density at radius 1 is 1.07 bits per heavy atom. The van der Waals surface area contributed by atoms with E-state index in [-0.39, 0.29) is 5.78 Å². The van der Waals surface area contributed by atoms with E-state index in [1.807, 2.05) is 61.0 Å². The van der Waals surface area contributed by atoms with Crippen molar-refractivity contribution in [2.75, 3.05) is 27.7 Å². The van der Waals surface area contributed by atoms with Gasteiger partial charge in [-0.3, -0.25) is 14.3 Å². The Balaban J connectivity index is 2.15. The molecule has 3 rings (SSSR count). The molecule has 0 bridgehead atoms. The van der Waals surface area contributed by atoms with Gasteiger partial charge in [-0.05, 0) is 39.3 Å². The van der Waals surface area contributed by atoms with E-state index in [0.717, 1.165) is 17.3 Å². The fourth-order valence-corrected chi connectivity index (χ4v) is 3.45. The van der Waals surface area contributed by atoms with Gasteiger partial charge in [-0.15, -0.1) is 16.8 Å². The molecule has 3 aromatic rings. The van der Waals surface area contributed by atoms with Crippen LogP contribution in [0.3, 0.4) is 0 Å². The number of nitrogens with zero attached hydrogens (tertiary/aromatic N) is 5. The average Bonchev–Trinajstić information content (AvgIpc) is 3.09. The van der Waals surface area contributed by atoms with Crippen LogP contribution in [-0.2, 0) is 13.1 Å². The summed E-state index contributed by atoms with van der Waals surface area (Å²) in [5, 5.41) is 9.35. The molecular weight excluding hydrogens is 398 g/mol. The number of ketones is 1. The van der Waals surface area contributed by atoms with E-state index >= 15 is 0 Å². The van der Waals surface area contributed by atoms with Crippen molar-refractivity contribution >= 4 is 17.4 Å². The molecule has 1 heterocycles. The highest BCUT2D eigenvalue weighted by atomic mass is 35.5. The molecule has 0 aliphatic carbocycles. The minimum absolute atomic E-state index is 0.0944. The van der Waals surface area contributed by atoms with Crippen molar-refractivity contribution in [1.82, 2.24) is 24.6 Å². The Kier molecular flexibility index (Phi) is 7.15. The SMILES string of the molecule is C=CCN(C)Cc1nnc(CN(C)C)n1-c1ccc(Cl)cc1C(=O)c1ccccc1. The van der Waals surface area contributed by atoms with Crippen molar-refractivity contribution in [1.29, 1.82) is 0 Å². The zero-order valence-electron chi connectivity index (χ0n) is 17.5. The number of aromatic nitrogens is 3. The van der Waals surface area contributed by atoms with Gasteiger partial charge >= 0.3 is 0 Å². The summed E-state index contributed by atoms with van der Waals surface area (Å²) < 4.78 is 1.96.